The van der Waals surface area contributed by atoms with E-state index in [1.54, 1.807) is 36.4 Å². The summed E-state index contributed by atoms with van der Waals surface area (Å²) in [6.45, 7) is -0.541. The molecule has 0 spiro atoms. The molecule has 1 aliphatic rings. The number of carbonyl (C=O) groups is 1. The number of hydrogen-bond donors (Lipinski definition) is 5. The van der Waals surface area contributed by atoms with Crippen LogP contribution in [0.15, 0.2) is 48.5 Å². The molecule has 0 bridgehead atoms. The van der Waals surface area contributed by atoms with E-state index in [1.165, 1.54) is 12.1 Å². The Kier molecular flexibility index (Phi) is 5.73. The highest BCUT2D eigenvalue weighted by Crippen LogP contribution is 2.28. The molecule has 0 aromatic heterocycles. The van der Waals surface area contributed by atoms with Crippen LogP contribution in [0, 0.1) is 0 Å². The second kappa shape index (κ2) is 8.03. The van der Waals surface area contributed by atoms with Crippen molar-refractivity contribution in [1.29, 1.82) is 0 Å². The molecule has 2 unspecified atom stereocenters. The van der Waals surface area contributed by atoms with Gasteiger partial charge in [0, 0.05) is 0 Å². The summed E-state index contributed by atoms with van der Waals surface area (Å²) in [5.74, 6) is -0.680. The maximum atomic E-state index is 10.9. The van der Waals surface area contributed by atoms with Gasteiger partial charge in [0.15, 0.2) is 0 Å². The molecule has 2 aromatic rings. The molecule has 0 radical (unpaired) electrons. The monoisotopic (exact) mass is 376 g/mol. The van der Waals surface area contributed by atoms with Crippen molar-refractivity contribution in [2.45, 2.75) is 30.7 Å². The van der Waals surface area contributed by atoms with Gasteiger partial charge in [0.2, 0.25) is 6.29 Å². The minimum absolute atomic E-state index is 0.174. The molecule has 1 aliphatic heterocycles. The lowest BCUT2D eigenvalue weighted by Crippen LogP contribution is -2.60. The first-order valence-corrected chi connectivity index (χ1v) is 8.31. The normalized spacial score (nSPS) is 27.9. The van der Waals surface area contributed by atoms with Gasteiger partial charge in [-0.25, -0.2) is 4.79 Å². The van der Waals surface area contributed by atoms with Gasteiger partial charge in [-0.15, -0.1) is 0 Å². The first-order valence-electron chi connectivity index (χ1n) is 8.31. The van der Waals surface area contributed by atoms with E-state index in [0.29, 0.717) is 5.75 Å². The molecule has 144 valence electrons. The van der Waals surface area contributed by atoms with E-state index < -0.39 is 43.3 Å². The van der Waals surface area contributed by atoms with E-state index >= 15 is 0 Å². The van der Waals surface area contributed by atoms with Crippen molar-refractivity contribution in [2.24, 2.45) is 0 Å². The highest BCUT2D eigenvalue weighted by Gasteiger charge is 2.44. The summed E-state index contributed by atoms with van der Waals surface area (Å²) in [6, 6.07) is 13.1. The molecule has 0 amide bonds. The van der Waals surface area contributed by atoms with Crippen LogP contribution in [0.25, 0.3) is 11.1 Å². The van der Waals surface area contributed by atoms with E-state index in [0.717, 1.165) is 11.1 Å². The molecular weight excluding hydrogens is 356 g/mol. The number of benzene rings is 2. The fourth-order valence-corrected chi connectivity index (χ4v) is 2.85. The minimum Gasteiger partial charge on any atom is -0.478 e. The van der Waals surface area contributed by atoms with E-state index in [-0.39, 0.29) is 5.56 Å². The smallest absolute Gasteiger partial charge is 0.335 e. The summed E-state index contributed by atoms with van der Waals surface area (Å²) >= 11 is 0. The fourth-order valence-electron chi connectivity index (χ4n) is 2.85. The largest absolute Gasteiger partial charge is 0.478 e. The van der Waals surface area contributed by atoms with Crippen molar-refractivity contribution in [3.8, 4) is 16.9 Å². The van der Waals surface area contributed by atoms with Crippen molar-refractivity contribution >= 4 is 5.97 Å². The molecule has 0 aliphatic carbocycles. The van der Waals surface area contributed by atoms with Crippen LogP contribution in [-0.4, -0.2) is 68.8 Å². The number of aromatic carboxylic acids is 1. The number of rotatable bonds is 5. The zero-order valence-electron chi connectivity index (χ0n) is 14.2. The third kappa shape index (κ3) is 4.10. The number of aliphatic hydroxyl groups is 4. The van der Waals surface area contributed by atoms with E-state index in [2.05, 4.69) is 0 Å². The van der Waals surface area contributed by atoms with Crippen LogP contribution in [0.4, 0.5) is 0 Å². The first kappa shape index (κ1) is 19.3. The minimum atomic E-state index is -1.52. The number of carboxylic acid groups (broad SMARTS) is 1. The van der Waals surface area contributed by atoms with Gasteiger partial charge in [-0.1, -0.05) is 24.3 Å². The highest BCUT2D eigenvalue weighted by molar-refractivity contribution is 5.88. The Labute approximate surface area is 154 Å². The first-order chi connectivity index (χ1) is 12.9. The molecule has 27 heavy (non-hydrogen) atoms. The quantitative estimate of drug-likeness (QED) is 0.500. The van der Waals surface area contributed by atoms with Crippen molar-refractivity contribution in [3.63, 3.8) is 0 Å². The third-order valence-electron chi connectivity index (χ3n) is 4.40. The Hall–Kier alpha value is -2.49. The average molecular weight is 376 g/mol. The Morgan fingerprint density at radius 2 is 1.67 bits per heavy atom. The van der Waals surface area contributed by atoms with Gasteiger partial charge in [0.25, 0.3) is 0 Å². The Morgan fingerprint density at radius 3 is 2.30 bits per heavy atom. The van der Waals surface area contributed by atoms with E-state index in [9.17, 15) is 25.2 Å². The lowest BCUT2D eigenvalue weighted by molar-refractivity contribution is -0.277. The zero-order chi connectivity index (χ0) is 19.6. The van der Waals surface area contributed by atoms with Gasteiger partial charge in [0.05, 0.1) is 12.2 Å². The second-order valence-corrected chi connectivity index (χ2v) is 6.23. The van der Waals surface area contributed by atoms with Crippen molar-refractivity contribution in [1.82, 2.24) is 0 Å². The summed E-state index contributed by atoms with van der Waals surface area (Å²) < 4.78 is 10.9. The number of carboxylic acids is 1. The summed E-state index contributed by atoms with van der Waals surface area (Å²) in [6.07, 6.45) is -6.80. The van der Waals surface area contributed by atoms with Gasteiger partial charge >= 0.3 is 5.97 Å². The number of hydrogen-bond acceptors (Lipinski definition) is 7. The molecule has 8 nitrogen and oxygen atoms in total. The molecular formula is C19H20O8. The molecule has 1 heterocycles. The summed E-state index contributed by atoms with van der Waals surface area (Å²) in [5, 5.41) is 47.9. The van der Waals surface area contributed by atoms with Crippen LogP contribution in [0.3, 0.4) is 0 Å². The van der Waals surface area contributed by atoms with E-state index in [4.69, 9.17) is 14.6 Å². The molecule has 2 aromatic carbocycles. The van der Waals surface area contributed by atoms with Crippen molar-refractivity contribution < 1.29 is 39.8 Å². The van der Waals surface area contributed by atoms with Gasteiger partial charge in [0.1, 0.15) is 30.2 Å². The zero-order valence-corrected chi connectivity index (χ0v) is 14.2. The molecule has 5 N–H and O–H groups in total. The molecule has 8 heteroatoms. The van der Waals surface area contributed by atoms with Crippen LogP contribution in [0.2, 0.25) is 0 Å². The highest BCUT2D eigenvalue weighted by atomic mass is 16.7. The number of aliphatic hydroxyl groups excluding tert-OH is 4. The SMILES string of the molecule is O=C(O)c1ccc(-c2cccc(O[C@H]3OC(CO)[C@@H](O)C(O)[C@H]3O)c2)cc1. The maximum absolute atomic E-state index is 10.9. The molecule has 1 fully saturated rings. The predicted octanol–water partition coefficient (Wildman–Crippen LogP) is 0.230. The second-order valence-electron chi connectivity index (χ2n) is 6.23. The fraction of sp³-hybridized carbons (Fsp3) is 0.316. The standard InChI is InChI=1S/C19H20O8/c20-9-14-15(21)16(22)17(23)19(27-14)26-13-3-1-2-12(8-13)10-4-6-11(7-5-10)18(24)25/h1-8,14-17,19-23H,9H2,(H,24,25)/t14?,15-,16?,17-,19+/m1/s1. The van der Waals surface area contributed by atoms with E-state index in [1.807, 2.05) is 0 Å². The molecule has 0 saturated carbocycles. The lowest BCUT2D eigenvalue weighted by atomic mass is 9.99. The number of ether oxygens (including phenoxy) is 2. The van der Waals surface area contributed by atoms with Gasteiger partial charge in [-0.3, -0.25) is 0 Å². The summed E-state index contributed by atoms with van der Waals surface area (Å²) in [4.78, 5) is 10.9. The Balaban J connectivity index is 1.78. The van der Waals surface area contributed by atoms with Crippen LogP contribution >= 0.6 is 0 Å². The third-order valence-corrected chi connectivity index (χ3v) is 4.40. The van der Waals surface area contributed by atoms with Gasteiger partial charge < -0.3 is 35.0 Å². The van der Waals surface area contributed by atoms with Crippen molar-refractivity contribution in [2.75, 3.05) is 6.61 Å². The lowest BCUT2D eigenvalue weighted by Gasteiger charge is -2.39. The Morgan fingerprint density at radius 1 is 0.963 bits per heavy atom. The van der Waals surface area contributed by atoms with Gasteiger partial charge in [-0.05, 0) is 35.4 Å². The predicted molar refractivity (Wildman–Crippen MR) is 93.2 cm³/mol. The van der Waals surface area contributed by atoms with Crippen LogP contribution in [0.1, 0.15) is 10.4 Å². The van der Waals surface area contributed by atoms with Crippen LogP contribution in [-0.2, 0) is 4.74 Å². The maximum Gasteiger partial charge on any atom is 0.335 e. The average Bonchev–Trinajstić information content (AvgIpc) is 2.68. The molecule has 5 atom stereocenters. The topological polar surface area (TPSA) is 137 Å². The van der Waals surface area contributed by atoms with Gasteiger partial charge in [-0.2, -0.15) is 0 Å². The van der Waals surface area contributed by atoms with Crippen molar-refractivity contribution in [3.05, 3.63) is 54.1 Å². The van der Waals surface area contributed by atoms with Crippen LogP contribution in [0.5, 0.6) is 5.75 Å². The molecule has 1 saturated heterocycles. The molecule has 3 rings (SSSR count). The summed E-state index contributed by atoms with van der Waals surface area (Å²) in [5.41, 5.74) is 1.68. The summed E-state index contributed by atoms with van der Waals surface area (Å²) in [7, 11) is 0. The Bertz CT molecular complexity index is 789. The van der Waals surface area contributed by atoms with Crippen LogP contribution < -0.4 is 4.74 Å².